The number of hydrogen-bond acceptors (Lipinski definition) is 4. The predicted molar refractivity (Wildman–Crippen MR) is 98.7 cm³/mol. The van der Waals surface area contributed by atoms with Crippen LogP contribution in [0.15, 0.2) is 22.8 Å². The summed E-state index contributed by atoms with van der Waals surface area (Å²) in [5, 5.41) is 8.64. The normalized spacial score (nSPS) is 17.1. The minimum Gasteiger partial charge on any atom is -0.376 e. The molecule has 2 heterocycles. The van der Waals surface area contributed by atoms with Crippen LogP contribution in [-0.4, -0.2) is 41.6 Å². The lowest BCUT2D eigenvalue weighted by Crippen LogP contribution is -2.39. The maximum atomic E-state index is 5.99. The molecule has 1 fully saturated rings. The summed E-state index contributed by atoms with van der Waals surface area (Å²) < 4.78 is 8.03. The summed E-state index contributed by atoms with van der Waals surface area (Å²) in [5.74, 6) is 0.788. The molecule has 0 spiro atoms. The highest BCUT2D eigenvalue weighted by molar-refractivity contribution is 7.15. The van der Waals surface area contributed by atoms with Crippen molar-refractivity contribution in [2.75, 3.05) is 20.2 Å². The van der Waals surface area contributed by atoms with E-state index in [-0.39, 0.29) is 0 Å². The van der Waals surface area contributed by atoms with Gasteiger partial charge in [-0.05, 0) is 12.8 Å². The minimum absolute atomic E-state index is 0.447. The Morgan fingerprint density at radius 3 is 2.92 bits per heavy atom. The van der Waals surface area contributed by atoms with Gasteiger partial charge in [0.25, 0.3) is 0 Å². The van der Waals surface area contributed by atoms with E-state index >= 15 is 0 Å². The highest BCUT2D eigenvalue weighted by atomic mass is 32.1. The van der Waals surface area contributed by atoms with E-state index in [1.807, 2.05) is 22.2 Å². The summed E-state index contributed by atoms with van der Waals surface area (Å²) in [6.45, 7) is 2.16. The van der Waals surface area contributed by atoms with Gasteiger partial charge >= 0.3 is 0 Å². The van der Waals surface area contributed by atoms with Crippen LogP contribution < -0.4 is 10.6 Å². The molecule has 6 nitrogen and oxygen atoms in total. The number of rotatable bonds is 6. The predicted octanol–water partition coefficient (Wildman–Crippen LogP) is 2.80. The fourth-order valence-corrected chi connectivity index (χ4v) is 3.78. The Hall–Kier alpha value is -1.60. The Kier molecular flexibility index (Phi) is 6.48. The molecule has 2 aromatic rings. The third-order valence-electron chi connectivity index (χ3n) is 4.35. The molecule has 1 aliphatic carbocycles. The monoisotopic (exact) mass is 349 g/mol. The first-order valence-corrected chi connectivity index (χ1v) is 9.70. The first-order chi connectivity index (χ1) is 11.8. The molecule has 0 unspecified atom stereocenters. The topological polar surface area (TPSA) is 63.0 Å². The molecule has 0 saturated heterocycles. The van der Waals surface area contributed by atoms with E-state index in [1.54, 1.807) is 18.4 Å². The molecule has 0 aromatic carbocycles. The first-order valence-electron chi connectivity index (χ1n) is 8.82. The van der Waals surface area contributed by atoms with Crippen molar-refractivity contribution >= 4 is 22.3 Å². The van der Waals surface area contributed by atoms with Crippen LogP contribution in [0.2, 0.25) is 0 Å². The van der Waals surface area contributed by atoms with Gasteiger partial charge in [-0.3, -0.25) is 9.39 Å². The van der Waals surface area contributed by atoms with Crippen LogP contribution in [-0.2, 0) is 11.3 Å². The first kappa shape index (κ1) is 17.2. The molecule has 1 aliphatic rings. The van der Waals surface area contributed by atoms with Crippen molar-refractivity contribution < 1.29 is 4.74 Å². The molecule has 2 aromatic heterocycles. The van der Waals surface area contributed by atoms with Crippen molar-refractivity contribution in [3.05, 3.63) is 23.5 Å². The number of hydrogen-bond donors (Lipinski definition) is 2. The van der Waals surface area contributed by atoms with Crippen LogP contribution in [0, 0.1) is 0 Å². The second kappa shape index (κ2) is 9.03. The Morgan fingerprint density at radius 1 is 1.33 bits per heavy atom. The van der Waals surface area contributed by atoms with Crippen molar-refractivity contribution in [2.24, 2.45) is 4.99 Å². The van der Waals surface area contributed by atoms with Gasteiger partial charge < -0.3 is 15.4 Å². The number of nitrogens with zero attached hydrogens (tertiary/aromatic N) is 3. The second-order valence-corrected chi connectivity index (χ2v) is 7.04. The molecule has 2 N–H and O–H groups in total. The van der Waals surface area contributed by atoms with Gasteiger partial charge in [-0.2, -0.15) is 0 Å². The van der Waals surface area contributed by atoms with Crippen molar-refractivity contribution in [3.63, 3.8) is 0 Å². The lowest BCUT2D eigenvalue weighted by molar-refractivity contribution is 0.0468. The number of aliphatic imine (C=N–C) groups is 1. The Bertz CT molecular complexity index is 614. The van der Waals surface area contributed by atoms with Gasteiger partial charge in [0.05, 0.1) is 24.9 Å². The molecule has 1 saturated carbocycles. The van der Waals surface area contributed by atoms with Crippen LogP contribution in [0.5, 0.6) is 0 Å². The summed E-state index contributed by atoms with van der Waals surface area (Å²) in [5.41, 5.74) is 1.01. The number of thiazole rings is 1. The Morgan fingerprint density at radius 2 is 2.17 bits per heavy atom. The molecule has 24 heavy (non-hydrogen) atoms. The van der Waals surface area contributed by atoms with Gasteiger partial charge in [0, 0.05) is 31.4 Å². The Balaban J connectivity index is 1.35. The second-order valence-electron chi connectivity index (χ2n) is 6.16. The van der Waals surface area contributed by atoms with Crippen LogP contribution >= 0.6 is 11.3 Å². The van der Waals surface area contributed by atoms with Crippen LogP contribution in [0.4, 0.5) is 0 Å². The zero-order chi connectivity index (χ0) is 16.6. The molecule has 0 bridgehead atoms. The molecule has 0 radical (unpaired) electrons. The molecular formula is C17H27N5OS. The lowest BCUT2D eigenvalue weighted by Gasteiger charge is -2.16. The zero-order valence-corrected chi connectivity index (χ0v) is 15.1. The summed E-state index contributed by atoms with van der Waals surface area (Å²) in [4.78, 5) is 9.83. The number of ether oxygens (including phenoxy) is 1. The number of aromatic nitrogens is 2. The number of guanidine groups is 1. The summed E-state index contributed by atoms with van der Waals surface area (Å²) >= 11 is 1.64. The largest absolute Gasteiger partial charge is 0.376 e. The number of imidazole rings is 1. The molecule has 0 atom stereocenters. The molecule has 3 rings (SSSR count). The van der Waals surface area contributed by atoms with Gasteiger partial charge in [0.1, 0.15) is 0 Å². The molecular weight excluding hydrogens is 322 g/mol. The van der Waals surface area contributed by atoms with Gasteiger partial charge in [-0.1, -0.05) is 25.7 Å². The van der Waals surface area contributed by atoms with E-state index in [2.05, 4.69) is 20.6 Å². The fraction of sp³-hybridized carbons (Fsp3) is 0.647. The summed E-state index contributed by atoms with van der Waals surface area (Å²) in [6.07, 6.45) is 12.3. The van der Waals surface area contributed by atoms with E-state index in [0.717, 1.165) is 29.8 Å². The van der Waals surface area contributed by atoms with Crippen molar-refractivity contribution in [3.8, 4) is 0 Å². The van der Waals surface area contributed by atoms with Gasteiger partial charge in [0.15, 0.2) is 10.9 Å². The molecule has 132 valence electrons. The van der Waals surface area contributed by atoms with Crippen LogP contribution in [0.1, 0.15) is 44.2 Å². The highest BCUT2D eigenvalue weighted by Crippen LogP contribution is 2.19. The quantitative estimate of drug-likeness (QED) is 0.364. The van der Waals surface area contributed by atoms with E-state index < -0.39 is 0 Å². The third kappa shape index (κ3) is 4.95. The maximum absolute atomic E-state index is 5.99. The summed E-state index contributed by atoms with van der Waals surface area (Å²) in [6, 6.07) is 0. The van der Waals surface area contributed by atoms with Gasteiger partial charge in [0.2, 0.25) is 0 Å². The summed E-state index contributed by atoms with van der Waals surface area (Å²) in [7, 11) is 1.78. The van der Waals surface area contributed by atoms with Crippen LogP contribution in [0.3, 0.4) is 0 Å². The average molecular weight is 350 g/mol. The van der Waals surface area contributed by atoms with Crippen molar-refractivity contribution in [1.29, 1.82) is 0 Å². The van der Waals surface area contributed by atoms with Crippen molar-refractivity contribution in [1.82, 2.24) is 20.0 Å². The lowest BCUT2D eigenvalue weighted by atomic mass is 10.1. The van der Waals surface area contributed by atoms with Crippen LogP contribution in [0.25, 0.3) is 4.96 Å². The van der Waals surface area contributed by atoms with E-state index in [0.29, 0.717) is 12.6 Å². The van der Waals surface area contributed by atoms with E-state index in [1.165, 1.54) is 38.5 Å². The zero-order valence-electron chi connectivity index (χ0n) is 14.3. The van der Waals surface area contributed by atoms with E-state index in [9.17, 15) is 0 Å². The third-order valence-corrected chi connectivity index (χ3v) is 5.12. The maximum Gasteiger partial charge on any atom is 0.193 e. The molecule has 0 aliphatic heterocycles. The standard InChI is InChI=1S/C17H27N5OS/c1-18-16(19-8-10-23-15-6-4-2-3-5-7-15)20-12-14-13-22-9-11-24-17(22)21-14/h9,11,13,15H,2-8,10,12H2,1H3,(H2,18,19,20). The van der Waals surface area contributed by atoms with E-state index in [4.69, 9.17) is 4.74 Å². The number of nitrogens with one attached hydrogen (secondary N) is 2. The molecule has 0 amide bonds. The minimum atomic E-state index is 0.447. The fourth-order valence-electron chi connectivity index (χ4n) is 3.06. The Labute approximate surface area is 147 Å². The van der Waals surface area contributed by atoms with Crippen molar-refractivity contribution in [2.45, 2.75) is 51.2 Å². The molecule has 7 heteroatoms. The smallest absolute Gasteiger partial charge is 0.193 e. The van der Waals surface area contributed by atoms with Gasteiger partial charge in [-0.25, -0.2) is 4.98 Å². The van der Waals surface area contributed by atoms with Gasteiger partial charge in [-0.15, -0.1) is 11.3 Å². The SMILES string of the molecule is CN=C(NCCOC1CCCCCC1)NCc1cn2ccsc2n1. The average Bonchev–Trinajstić information content (AvgIpc) is 3.08. The number of fused-ring (bicyclic) bond motifs is 1. The highest BCUT2D eigenvalue weighted by Gasteiger charge is 2.12.